The number of carbonyl (C=O) groups is 4. The van der Waals surface area contributed by atoms with Gasteiger partial charge in [0.05, 0.1) is 0 Å². The van der Waals surface area contributed by atoms with Gasteiger partial charge < -0.3 is 19.7 Å². The maximum atomic E-state index is 12.0. The number of carbonyl (C=O) groups excluding carboxylic acids is 2. The van der Waals surface area contributed by atoms with Gasteiger partial charge in [0.2, 0.25) is 0 Å². The first-order valence-corrected chi connectivity index (χ1v) is 11.3. The third-order valence-electron chi connectivity index (χ3n) is 3.54. The molecule has 32 heavy (non-hydrogen) atoms. The molecule has 166 valence electrons. The summed E-state index contributed by atoms with van der Waals surface area (Å²) in [6, 6.07) is 17.5. The van der Waals surface area contributed by atoms with Crippen LogP contribution < -0.4 is 0 Å². The minimum atomic E-state index is -1.29. The first-order chi connectivity index (χ1) is 15.3. The first-order valence-electron chi connectivity index (χ1n) is 9.00. The van der Waals surface area contributed by atoms with E-state index in [-0.39, 0.29) is 0 Å². The molecular formula is C22H18O8S2. The Morgan fingerprint density at radius 3 is 1.28 bits per heavy atom. The van der Waals surface area contributed by atoms with Gasteiger partial charge in [-0.2, -0.15) is 0 Å². The average molecular weight is 475 g/mol. The lowest BCUT2D eigenvalue weighted by Gasteiger charge is -2.21. The van der Waals surface area contributed by atoms with E-state index in [1.54, 1.807) is 60.7 Å². The average Bonchev–Trinajstić information content (AvgIpc) is 2.79. The van der Waals surface area contributed by atoms with Crippen molar-refractivity contribution in [1.82, 2.24) is 0 Å². The van der Waals surface area contributed by atoms with E-state index in [0.29, 0.717) is 23.3 Å². The van der Waals surface area contributed by atoms with Crippen LogP contribution in [0.1, 0.15) is 22.0 Å². The Bertz CT molecular complexity index is 908. The van der Waals surface area contributed by atoms with E-state index < -0.39 is 34.7 Å². The molecule has 2 N–H and O–H groups in total. The monoisotopic (exact) mass is 474 g/mol. The van der Waals surface area contributed by atoms with Crippen molar-refractivity contribution in [1.29, 1.82) is 0 Å². The molecule has 0 aliphatic heterocycles. The molecule has 0 heterocycles. The standard InChI is InChI=1S/C22H18O8S2/c23-17(24)11-13-19(27)29-21(15-7-3-1-4-8-15)31-32-22(16-9-5-2-6-10-16)30-20(28)14-12-18(25)26/h1-14,21-22H,(H,23,24)(H,25,26)/b13-11+,14-12+. The van der Waals surface area contributed by atoms with Crippen LogP contribution in [0.2, 0.25) is 0 Å². The molecule has 10 heteroatoms. The van der Waals surface area contributed by atoms with Gasteiger partial charge >= 0.3 is 23.9 Å². The van der Waals surface area contributed by atoms with Crippen LogP contribution in [0.5, 0.6) is 0 Å². The lowest BCUT2D eigenvalue weighted by Crippen LogP contribution is -2.09. The predicted octanol–water partition coefficient (Wildman–Crippen LogP) is 4.13. The van der Waals surface area contributed by atoms with Crippen LogP contribution in [0.4, 0.5) is 0 Å². The Morgan fingerprint density at radius 1 is 0.625 bits per heavy atom. The van der Waals surface area contributed by atoms with Crippen molar-refractivity contribution < 1.29 is 38.9 Å². The van der Waals surface area contributed by atoms with Crippen LogP contribution >= 0.6 is 21.6 Å². The molecule has 0 aromatic heterocycles. The summed E-state index contributed by atoms with van der Waals surface area (Å²) in [5.74, 6) is -4.28. The van der Waals surface area contributed by atoms with Crippen molar-refractivity contribution in [2.24, 2.45) is 0 Å². The molecule has 0 bridgehead atoms. The number of ether oxygens (including phenoxy) is 2. The highest BCUT2D eigenvalue weighted by Gasteiger charge is 2.23. The summed E-state index contributed by atoms with van der Waals surface area (Å²) in [6.45, 7) is 0. The van der Waals surface area contributed by atoms with Gasteiger partial charge in [-0.1, -0.05) is 60.7 Å². The second-order valence-corrected chi connectivity index (χ2v) is 8.29. The lowest BCUT2D eigenvalue weighted by atomic mass is 10.2. The Kier molecular flexibility index (Phi) is 10.1. The summed E-state index contributed by atoms with van der Waals surface area (Å²) in [7, 11) is 2.16. The molecule has 0 fully saturated rings. The van der Waals surface area contributed by atoms with E-state index in [4.69, 9.17) is 19.7 Å². The smallest absolute Gasteiger partial charge is 0.332 e. The van der Waals surface area contributed by atoms with Crippen molar-refractivity contribution in [3.63, 3.8) is 0 Å². The maximum absolute atomic E-state index is 12.0. The van der Waals surface area contributed by atoms with Crippen LogP contribution in [0.3, 0.4) is 0 Å². The fourth-order valence-electron chi connectivity index (χ4n) is 2.18. The third-order valence-corrected chi connectivity index (χ3v) is 6.12. The normalized spacial score (nSPS) is 12.9. The first kappa shape index (κ1) is 24.8. The van der Waals surface area contributed by atoms with Crippen LogP contribution in [0.25, 0.3) is 0 Å². The number of carboxylic acids is 2. The second kappa shape index (κ2) is 13.0. The van der Waals surface area contributed by atoms with Gasteiger partial charge in [-0.3, -0.25) is 0 Å². The molecule has 8 nitrogen and oxygen atoms in total. The predicted molar refractivity (Wildman–Crippen MR) is 119 cm³/mol. The van der Waals surface area contributed by atoms with Crippen LogP contribution in [-0.2, 0) is 28.7 Å². The summed E-state index contributed by atoms with van der Waals surface area (Å²) in [5, 5.41) is 17.4. The molecule has 0 spiro atoms. The number of esters is 2. The number of rotatable bonds is 11. The van der Waals surface area contributed by atoms with Crippen molar-refractivity contribution >= 4 is 45.5 Å². The zero-order chi connectivity index (χ0) is 23.3. The minimum absolute atomic E-state index is 0.631. The molecule has 2 aromatic rings. The molecule has 0 saturated heterocycles. The van der Waals surface area contributed by atoms with Crippen molar-refractivity contribution in [3.05, 3.63) is 96.1 Å². The highest BCUT2D eigenvalue weighted by molar-refractivity contribution is 8.76. The summed E-state index contributed by atoms with van der Waals surface area (Å²) in [5.41, 5.74) is -0.421. The molecule has 0 amide bonds. The summed E-state index contributed by atoms with van der Waals surface area (Å²) in [6.07, 6.45) is 2.95. The van der Waals surface area contributed by atoms with E-state index >= 15 is 0 Å². The van der Waals surface area contributed by atoms with Gasteiger partial charge in [-0.25, -0.2) is 19.2 Å². The topological polar surface area (TPSA) is 127 Å². The number of aliphatic carboxylic acids is 2. The molecule has 2 rings (SSSR count). The lowest BCUT2D eigenvalue weighted by molar-refractivity contribution is -0.140. The quantitative estimate of drug-likeness (QED) is 0.212. The Hall–Kier alpha value is -3.50. The molecular weight excluding hydrogens is 456 g/mol. The molecule has 0 aliphatic rings. The van der Waals surface area contributed by atoms with Crippen LogP contribution in [-0.4, -0.2) is 34.1 Å². The van der Waals surface area contributed by atoms with Gasteiger partial charge in [0.1, 0.15) is 0 Å². The van der Waals surface area contributed by atoms with Gasteiger partial charge in [0, 0.05) is 35.4 Å². The number of hydrogen-bond acceptors (Lipinski definition) is 8. The zero-order valence-electron chi connectivity index (χ0n) is 16.4. The summed E-state index contributed by atoms with van der Waals surface area (Å²) >= 11 is 0. The van der Waals surface area contributed by atoms with E-state index in [1.807, 2.05) is 0 Å². The van der Waals surface area contributed by atoms with Crippen molar-refractivity contribution in [2.75, 3.05) is 0 Å². The van der Waals surface area contributed by atoms with Gasteiger partial charge in [-0.05, 0) is 21.6 Å². The highest BCUT2D eigenvalue weighted by Crippen LogP contribution is 2.47. The Labute approximate surface area is 191 Å². The fourth-order valence-corrected chi connectivity index (χ4v) is 4.69. The Morgan fingerprint density at radius 2 is 0.969 bits per heavy atom. The maximum Gasteiger partial charge on any atom is 0.332 e. The number of hydrogen-bond donors (Lipinski definition) is 2. The Balaban J connectivity index is 2.19. The molecule has 2 aromatic carbocycles. The molecule has 0 saturated carbocycles. The van der Waals surface area contributed by atoms with E-state index in [0.717, 1.165) is 33.7 Å². The highest BCUT2D eigenvalue weighted by atomic mass is 33.1. The molecule has 0 radical (unpaired) electrons. The minimum Gasteiger partial charge on any atom is -0.478 e. The largest absolute Gasteiger partial charge is 0.478 e. The molecule has 2 unspecified atom stereocenters. The molecule has 0 aliphatic carbocycles. The van der Waals surface area contributed by atoms with Gasteiger partial charge in [0.25, 0.3) is 0 Å². The third kappa shape index (κ3) is 9.11. The van der Waals surface area contributed by atoms with E-state index in [9.17, 15) is 19.2 Å². The SMILES string of the molecule is O=C(O)/C=C/C(=O)OC(SSC(OC(=O)/C=C/C(=O)O)c1ccccc1)c1ccccc1. The van der Waals surface area contributed by atoms with Crippen molar-refractivity contribution in [2.45, 2.75) is 10.9 Å². The van der Waals surface area contributed by atoms with Gasteiger partial charge in [0.15, 0.2) is 10.9 Å². The number of benzene rings is 2. The van der Waals surface area contributed by atoms with Crippen molar-refractivity contribution in [3.8, 4) is 0 Å². The van der Waals surface area contributed by atoms with E-state index in [2.05, 4.69) is 0 Å². The fraction of sp³-hybridized carbons (Fsp3) is 0.0909. The number of carboxylic acid groups (broad SMARTS) is 2. The zero-order valence-corrected chi connectivity index (χ0v) is 18.0. The summed E-state index contributed by atoms with van der Waals surface area (Å²) in [4.78, 5) is 45.3. The van der Waals surface area contributed by atoms with Gasteiger partial charge in [-0.15, -0.1) is 0 Å². The second-order valence-electron chi connectivity index (χ2n) is 5.89. The van der Waals surface area contributed by atoms with Crippen LogP contribution in [0, 0.1) is 0 Å². The molecule has 2 atom stereocenters. The summed E-state index contributed by atoms with van der Waals surface area (Å²) < 4.78 is 10.8. The van der Waals surface area contributed by atoms with Crippen LogP contribution in [0.15, 0.2) is 85.0 Å². The van der Waals surface area contributed by atoms with E-state index in [1.165, 1.54) is 0 Å².